The summed E-state index contributed by atoms with van der Waals surface area (Å²) in [5.74, 6) is 1.48. The zero-order chi connectivity index (χ0) is 20.5. The Morgan fingerprint density at radius 1 is 1.10 bits per heavy atom. The Bertz CT molecular complexity index is 797. The van der Waals surface area contributed by atoms with Gasteiger partial charge in [-0.25, -0.2) is 4.99 Å². The van der Waals surface area contributed by atoms with Crippen LogP contribution >= 0.6 is 0 Å². The molecule has 2 aromatic rings. The van der Waals surface area contributed by atoms with Crippen molar-refractivity contribution in [2.45, 2.75) is 26.2 Å². The number of carbonyl (C=O) groups excluding carboxylic acids is 1. The van der Waals surface area contributed by atoms with E-state index in [-0.39, 0.29) is 18.2 Å². The number of rotatable bonds is 6. The molecule has 0 bridgehead atoms. The summed E-state index contributed by atoms with van der Waals surface area (Å²) in [6.07, 6.45) is 3.37. The quantitative estimate of drug-likeness (QED) is 0.399. The average Bonchev–Trinajstić information content (AvgIpc) is 2.74. The zero-order valence-corrected chi connectivity index (χ0v) is 17.0. The molecule has 1 aliphatic heterocycles. The minimum Gasteiger partial charge on any atom is -0.508 e. The van der Waals surface area contributed by atoms with E-state index in [0.29, 0.717) is 11.6 Å². The summed E-state index contributed by atoms with van der Waals surface area (Å²) in [4.78, 5) is 19.0. The lowest BCUT2D eigenvalue weighted by atomic mass is 9.90. The zero-order valence-electron chi connectivity index (χ0n) is 17.0. The molecule has 0 aromatic heterocycles. The number of aromatic hydroxyl groups is 1. The number of hydrogen-bond acceptors (Lipinski definition) is 3. The van der Waals surface area contributed by atoms with E-state index in [9.17, 15) is 9.90 Å². The van der Waals surface area contributed by atoms with Gasteiger partial charge in [-0.1, -0.05) is 30.3 Å². The SMILES string of the molecule is CCNC(=NCC(=O)Nc1ccc(O)cc1)N1CCC(Cc2ccccc2)CC1. The minimum absolute atomic E-state index is 0.0627. The largest absolute Gasteiger partial charge is 0.508 e. The Hall–Kier alpha value is -3.02. The second-order valence-electron chi connectivity index (χ2n) is 7.39. The number of likely N-dealkylation sites (tertiary alicyclic amines) is 1. The lowest BCUT2D eigenvalue weighted by molar-refractivity contribution is -0.114. The van der Waals surface area contributed by atoms with E-state index in [1.54, 1.807) is 24.3 Å². The first-order valence-electron chi connectivity index (χ1n) is 10.3. The van der Waals surface area contributed by atoms with Gasteiger partial charge in [0.15, 0.2) is 5.96 Å². The molecular weight excluding hydrogens is 364 g/mol. The number of benzene rings is 2. The molecule has 0 radical (unpaired) electrons. The van der Waals surface area contributed by atoms with E-state index in [4.69, 9.17) is 0 Å². The van der Waals surface area contributed by atoms with Crippen molar-refractivity contribution in [3.05, 3.63) is 60.2 Å². The second kappa shape index (κ2) is 10.5. The maximum absolute atomic E-state index is 12.2. The third kappa shape index (κ3) is 6.52. The number of phenols is 1. The van der Waals surface area contributed by atoms with E-state index in [0.717, 1.165) is 44.9 Å². The number of guanidine groups is 1. The van der Waals surface area contributed by atoms with E-state index < -0.39 is 0 Å². The lowest BCUT2D eigenvalue weighted by Crippen LogP contribution is -2.46. The van der Waals surface area contributed by atoms with Gasteiger partial charge in [0, 0.05) is 25.3 Å². The molecule has 6 heteroatoms. The van der Waals surface area contributed by atoms with Crippen LogP contribution in [0.25, 0.3) is 0 Å². The van der Waals surface area contributed by atoms with Crippen molar-refractivity contribution in [1.29, 1.82) is 0 Å². The average molecular weight is 395 g/mol. The summed E-state index contributed by atoms with van der Waals surface area (Å²) in [6, 6.07) is 17.1. The summed E-state index contributed by atoms with van der Waals surface area (Å²) < 4.78 is 0. The highest BCUT2D eigenvalue weighted by Crippen LogP contribution is 2.21. The van der Waals surface area contributed by atoms with Crippen LogP contribution in [-0.4, -0.2) is 48.1 Å². The van der Waals surface area contributed by atoms with E-state index in [1.165, 1.54) is 5.56 Å². The molecule has 1 fully saturated rings. The van der Waals surface area contributed by atoms with E-state index >= 15 is 0 Å². The van der Waals surface area contributed by atoms with Crippen LogP contribution in [0.15, 0.2) is 59.6 Å². The number of nitrogens with zero attached hydrogens (tertiary/aromatic N) is 2. The number of amides is 1. The summed E-state index contributed by atoms with van der Waals surface area (Å²) in [7, 11) is 0. The number of phenolic OH excluding ortho intramolecular Hbond substituents is 1. The van der Waals surface area contributed by atoms with Gasteiger partial charge in [-0.15, -0.1) is 0 Å². The molecule has 2 aromatic carbocycles. The molecule has 0 unspecified atom stereocenters. The van der Waals surface area contributed by atoms with Crippen molar-refractivity contribution in [3.63, 3.8) is 0 Å². The molecule has 29 heavy (non-hydrogen) atoms. The molecule has 0 spiro atoms. The van der Waals surface area contributed by atoms with Crippen molar-refractivity contribution in [1.82, 2.24) is 10.2 Å². The molecule has 1 heterocycles. The van der Waals surface area contributed by atoms with Gasteiger partial charge in [0.1, 0.15) is 12.3 Å². The molecule has 0 aliphatic carbocycles. The van der Waals surface area contributed by atoms with Crippen LogP contribution in [0.2, 0.25) is 0 Å². The Morgan fingerprint density at radius 2 is 1.79 bits per heavy atom. The molecule has 1 saturated heterocycles. The molecule has 3 N–H and O–H groups in total. The highest BCUT2D eigenvalue weighted by molar-refractivity contribution is 5.94. The predicted octanol–water partition coefficient (Wildman–Crippen LogP) is 3.25. The first-order chi connectivity index (χ1) is 14.1. The summed E-state index contributed by atoms with van der Waals surface area (Å²) in [6.45, 7) is 4.76. The highest BCUT2D eigenvalue weighted by Gasteiger charge is 2.21. The van der Waals surface area contributed by atoms with Crippen LogP contribution < -0.4 is 10.6 Å². The molecule has 1 amide bonds. The molecular formula is C23H30N4O2. The maximum Gasteiger partial charge on any atom is 0.246 e. The number of piperidine rings is 1. The molecule has 0 atom stereocenters. The Kier molecular flexibility index (Phi) is 7.50. The first-order valence-corrected chi connectivity index (χ1v) is 10.3. The fourth-order valence-corrected chi connectivity index (χ4v) is 3.61. The third-order valence-corrected chi connectivity index (χ3v) is 5.14. The van der Waals surface area contributed by atoms with Crippen molar-refractivity contribution in [3.8, 4) is 5.75 Å². The maximum atomic E-state index is 12.2. The molecule has 154 valence electrons. The van der Waals surface area contributed by atoms with Crippen LogP contribution in [0, 0.1) is 5.92 Å². The third-order valence-electron chi connectivity index (χ3n) is 5.14. The lowest BCUT2D eigenvalue weighted by Gasteiger charge is -2.34. The summed E-state index contributed by atoms with van der Waals surface area (Å²) in [5.41, 5.74) is 2.05. The van der Waals surface area contributed by atoms with E-state index in [1.807, 2.05) is 6.92 Å². The topological polar surface area (TPSA) is 77.0 Å². The Balaban J connectivity index is 1.51. The Morgan fingerprint density at radius 3 is 2.45 bits per heavy atom. The molecule has 6 nitrogen and oxygen atoms in total. The molecule has 1 aliphatic rings. The monoisotopic (exact) mass is 394 g/mol. The summed E-state index contributed by atoms with van der Waals surface area (Å²) in [5, 5.41) is 15.4. The predicted molar refractivity (Wildman–Crippen MR) is 117 cm³/mol. The van der Waals surface area contributed by atoms with Gasteiger partial charge in [-0.3, -0.25) is 4.79 Å². The van der Waals surface area contributed by atoms with Crippen molar-refractivity contribution in [2.24, 2.45) is 10.9 Å². The molecule has 0 saturated carbocycles. The number of nitrogens with one attached hydrogen (secondary N) is 2. The van der Waals surface area contributed by atoms with Gasteiger partial charge in [0.25, 0.3) is 0 Å². The first kappa shape index (κ1) is 20.7. The van der Waals surface area contributed by atoms with Gasteiger partial charge in [0.2, 0.25) is 5.91 Å². The summed E-state index contributed by atoms with van der Waals surface area (Å²) >= 11 is 0. The number of aliphatic imine (C=N–C) groups is 1. The highest BCUT2D eigenvalue weighted by atomic mass is 16.3. The fourth-order valence-electron chi connectivity index (χ4n) is 3.61. The van der Waals surface area contributed by atoms with Crippen LogP contribution in [0.4, 0.5) is 5.69 Å². The smallest absolute Gasteiger partial charge is 0.246 e. The van der Waals surface area contributed by atoms with Crippen LogP contribution in [0.5, 0.6) is 5.75 Å². The number of anilines is 1. The standard InChI is InChI=1S/C23H30N4O2/c1-2-24-23(25-17-22(29)26-20-8-10-21(28)11-9-20)27-14-12-19(13-15-27)16-18-6-4-3-5-7-18/h3-11,19,28H,2,12-17H2,1H3,(H,24,25)(H,26,29). The normalized spacial score (nSPS) is 15.2. The van der Waals surface area contributed by atoms with Crippen molar-refractivity contribution >= 4 is 17.6 Å². The van der Waals surface area contributed by atoms with Gasteiger partial charge >= 0.3 is 0 Å². The van der Waals surface area contributed by atoms with Crippen LogP contribution in [0.1, 0.15) is 25.3 Å². The Labute approximate surface area is 172 Å². The minimum atomic E-state index is -0.176. The van der Waals surface area contributed by atoms with E-state index in [2.05, 4.69) is 50.9 Å². The van der Waals surface area contributed by atoms with Crippen LogP contribution in [0.3, 0.4) is 0 Å². The fraction of sp³-hybridized carbons (Fsp3) is 0.391. The van der Waals surface area contributed by atoms with Crippen molar-refractivity contribution < 1.29 is 9.90 Å². The van der Waals surface area contributed by atoms with Crippen molar-refractivity contribution in [2.75, 3.05) is 31.5 Å². The van der Waals surface area contributed by atoms with Gasteiger partial charge < -0.3 is 20.6 Å². The van der Waals surface area contributed by atoms with Gasteiger partial charge in [0.05, 0.1) is 0 Å². The number of carbonyl (C=O) groups is 1. The van der Waals surface area contributed by atoms with Gasteiger partial charge in [-0.2, -0.15) is 0 Å². The molecule has 3 rings (SSSR count). The van der Waals surface area contributed by atoms with Gasteiger partial charge in [-0.05, 0) is 61.9 Å². The van der Waals surface area contributed by atoms with Crippen LogP contribution in [-0.2, 0) is 11.2 Å². The number of hydrogen-bond donors (Lipinski definition) is 3. The second-order valence-corrected chi connectivity index (χ2v) is 7.39.